The van der Waals surface area contributed by atoms with Gasteiger partial charge < -0.3 is 10.4 Å². The molecule has 3 nitrogen and oxygen atoms in total. The molecular weight excluding hydrogens is 200 g/mol. The lowest BCUT2D eigenvalue weighted by molar-refractivity contribution is 0.150. The number of likely N-dealkylation sites (tertiary alicyclic amines) is 1. The number of aliphatic hydroxyl groups is 1. The smallest absolute Gasteiger partial charge is 0.0587 e. The fourth-order valence-electron chi connectivity index (χ4n) is 2.25. The van der Waals surface area contributed by atoms with E-state index in [1.54, 1.807) is 0 Å². The van der Waals surface area contributed by atoms with Crippen molar-refractivity contribution in [1.82, 2.24) is 10.2 Å². The van der Waals surface area contributed by atoms with Gasteiger partial charge in [0.2, 0.25) is 0 Å². The summed E-state index contributed by atoms with van der Waals surface area (Å²) in [5.74, 6) is 0. The van der Waals surface area contributed by atoms with E-state index in [9.17, 15) is 5.11 Å². The summed E-state index contributed by atoms with van der Waals surface area (Å²) in [6.07, 6.45) is 2.34. The van der Waals surface area contributed by atoms with Gasteiger partial charge in [-0.1, -0.05) is 30.3 Å². The predicted molar refractivity (Wildman–Crippen MR) is 65.0 cm³/mol. The van der Waals surface area contributed by atoms with E-state index in [4.69, 9.17) is 0 Å². The van der Waals surface area contributed by atoms with E-state index in [1.165, 1.54) is 12.0 Å². The number of benzene rings is 1. The van der Waals surface area contributed by atoms with E-state index in [1.807, 2.05) is 6.07 Å². The van der Waals surface area contributed by atoms with Crippen LogP contribution in [0.2, 0.25) is 0 Å². The lowest BCUT2D eigenvalue weighted by atomic mass is 10.2. The highest BCUT2D eigenvalue weighted by atomic mass is 16.3. The second kappa shape index (κ2) is 5.99. The van der Waals surface area contributed by atoms with E-state index in [0.29, 0.717) is 6.04 Å². The Morgan fingerprint density at radius 2 is 2.12 bits per heavy atom. The van der Waals surface area contributed by atoms with Crippen molar-refractivity contribution in [2.75, 3.05) is 19.8 Å². The predicted octanol–water partition coefficient (Wildman–Crippen LogP) is 1.19. The van der Waals surface area contributed by atoms with Gasteiger partial charge in [-0.15, -0.1) is 0 Å². The maximum Gasteiger partial charge on any atom is 0.0587 e. The molecule has 3 heteroatoms. The minimum Gasteiger partial charge on any atom is -0.395 e. The van der Waals surface area contributed by atoms with Gasteiger partial charge in [0.15, 0.2) is 0 Å². The molecule has 0 spiro atoms. The van der Waals surface area contributed by atoms with E-state index >= 15 is 0 Å². The zero-order valence-corrected chi connectivity index (χ0v) is 9.60. The van der Waals surface area contributed by atoms with Crippen LogP contribution in [0.25, 0.3) is 0 Å². The van der Waals surface area contributed by atoms with Crippen molar-refractivity contribution in [3.05, 3.63) is 35.9 Å². The summed E-state index contributed by atoms with van der Waals surface area (Å²) in [6, 6.07) is 10.8. The van der Waals surface area contributed by atoms with Crippen LogP contribution >= 0.6 is 0 Å². The fraction of sp³-hybridized carbons (Fsp3) is 0.538. The Morgan fingerprint density at radius 3 is 2.88 bits per heavy atom. The molecule has 2 rings (SSSR count). The van der Waals surface area contributed by atoms with Crippen LogP contribution in [0, 0.1) is 0 Å². The molecule has 1 heterocycles. The highest BCUT2D eigenvalue weighted by molar-refractivity contribution is 5.14. The maximum absolute atomic E-state index is 9.18. The van der Waals surface area contributed by atoms with Crippen LogP contribution in [0.1, 0.15) is 18.4 Å². The average Bonchev–Trinajstić information content (AvgIpc) is 2.78. The van der Waals surface area contributed by atoms with Gasteiger partial charge in [-0.05, 0) is 24.9 Å². The highest BCUT2D eigenvalue weighted by Gasteiger charge is 2.22. The molecule has 1 atom stereocenters. The number of nitrogens with one attached hydrogen (secondary N) is 1. The molecule has 1 fully saturated rings. The second-order valence-electron chi connectivity index (χ2n) is 4.36. The van der Waals surface area contributed by atoms with Crippen LogP contribution in [0.15, 0.2) is 30.3 Å². The van der Waals surface area contributed by atoms with Gasteiger partial charge in [0.1, 0.15) is 0 Å². The summed E-state index contributed by atoms with van der Waals surface area (Å²) in [5, 5.41) is 12.6. The topological polar surface area (TPSA) is 35.5 Å². The van der Waals surface area contributed by atoms with Gasteiger partial charge in [0, 0.05) is 19.3 Å². The molecule has 0 aliphatic carbocycles. The Morgan fingerprint density at radius 1 is 1.31 bits per heavy atom. The Hall–Kier alpha value is -0.900. The number of aliphatic hydroxyl groups excluding tert-OH is 1. The minimum atomic E-state index is 0.285. The van der Waals surface area contributed by atoms with Gasteiger partial charge in [-0.2, -0.15) is 0 Å². The van der Waals surface area contributed by atoms with E-state index in [-0.39, 0.29) is 6.61 Å². The molecule has 1 aromatic rings. The first kappa shape index (κ1) is 11.6. The summed E-state index contributed by atoms with van der Waals surface area (Å²) in [4.78, 5) is 2.32. The number of rotatable bonds is 5. The molecule has 1 saturated heterocycles. The molecule has 1 aliphatic rings. The largest absolute Gasteiger partial charge is 0.395 e. The summed E-state index contributed by atoms with van der Waals surface area (Å²) < 4.78 is 0. The second-order valence-corrected chi connectivity index (χ2v) is 4.36. The zero-order chi connectivity index (χ0) is 11.2. The van der Waals surface area contributed by atoms with Crippen molar-refractivity contribution < 1.29 is 5.11 Å². The van der Waals surface area contributed by atoms with E-state index in [2.05, 4.69) is 34.5 Å². The van der Waals surface area contributed by atoms with Crippen molar-refractivity contribution in [3.8, 4) is 0 Å². The van der Waals surface area contributed by atoms with Crippen LogP contribution < -0.4 is 5.32 Å². The van der Waals surface area contributed by atoms with Gasteiger partial charge in [0.05, 0.1) is 6.61 Å². The summed E-state index contributed by atoms with van der Waals surface area (Å²) in [7, 11) is 0. The lowest BCUT2D eigenvalue weighted by Gasteiger charge is -2.22. The Balaban J connectivity index is 1.72. The van der Waals surface area contributed by atoms with Gasteiger partial charge in [0.25, 0.3) is 0 Å². The molecule has 0 aromatic heterocycles. The fourth-order valence-corrected chi connectivity index (χ4v) is 2.25. The van der Waals surface area contributed by atoms with E-state index < -0.39 is 0 Å². The Labute approximate surface area is 97.1 Å². The first-order chi connectivity index (χ1) is 7.90. The van der Waals surface area contributed by atoms with Gasteiger partial charge >= 0.3 is 0 Å². The highest BCUT2D eigenvalue weighted by Crippen LogP contribution is 2.15. The number of hydrogen-bond donors (Lipinski definition) is 2. The van der Waals surface area contributed by atoms with Crippen LogP contribution in [0.4, 0.5) is 0 Å². The molecule has 88 valence electrons. The lowest BCUT2D eigenvalue weighted by Crippen LogP contribution is -2.39. The zero-order valence-electron chi connectivity index (χ0n) is 9.60. The Kier molecular flexibility index (Phi) is 4.34. The molecule has 2 N–H and O–H groups in total. The molecular formula is C13H20N2O. The van der Waals surface area contributed by atoms with Crippen molar-refractivity contribution in [2.45, 2.75) is 25.4 Å². The third-order valence-electron chi connectivity index (χ3n) is 3.20. The van der Waals surface area contributed by atoms with Crippen LogP contribution in [-0.2, 0) is 6.54 Å². The normalized spacial score (nSPS) is 21.4. The molecule has 0 amide bonds. The van der Waals surface area contributed by atoms with Crippen molar-refractivity contribution >= 4 is 0 Å². The van der Waals surface area contributed by atoms with Gasteiger partial charge in [-0.3, -0.25) is 4.90 Å². The molecule has 1 aromatic carbocycles. The summed E-state index contributed by atoms with van der Waals surface area (Å²) in [5.41, 5.74) is 1.31. The van der Waals surface area contributed by atoms with Crippen molar-refractivity contribution in [3.63, 3.8) is 0 Å². The average molecular weight is 220 g/mol. The van der Waals surface area contributed by atoms with Crippen molar-refractivity contribution in [2.24, 2.45) is 0 Å². The molecule has 0 radical (unpaired) electrons. The van der Waals surface area contributed by atoms with E-state index in [0.717, 1.165) is 26.2 Å². The van der Waals surface area contributed by atoms with Crippen LogP contribution in [0.5, 0.6) is 0 Å². The quantitative estimate of drug-likeness (QED) is 0.782. The number of hydrogen-bond acceptors (Lipinski definition) is 3. The summed E-state index contributed by atoms with van der Waals surface area (Å²) in [6.45, 7) is 3.16. The first-order valence-corrected chi connectivity index (χ1v) is 5.99. The minimum absolute atomic E-state index is 0.285. The van der Waals surface area contributed by atoms with Crippen LogP contribution in [-0.4, -0.2) is 35.9 Å². The van der Waals surface area contributed by atoms with Gasteiger partial charge in [-0.25, -0.2) is 0 Å². The molecule has 16 heavy (non-hydrogen) atoms. The summed E-state index contributed by atoms with van der Waals surface area (Å²) >= 11 is 0. The standard InChI is InChI=1S/C13H20N2O/c16-10-13-7-4-8-15(13)11-14-9-12-5-2-1-3-6-12/h1-3,5-6,13-14,16H,4,7-11H2. The molecule has 0 bridgehead atoms. The maximum atomic E-state index is 9.18. The molecule has 1 unspecified atom stereocenters. The molecule has 1 aliphatic heterocycles. The third kappa shape index (κ3) is 3.04. The first-order valence-electron chi connectivity index (χ1n) is 5.99. The van der Waals surface area contributed by atoms with Crippen molar-refractivity contribution in [1.29, 1.82) is 0 Å². The monoisotopic (exact) mass is 220 g/mol. The van der Waals surface area contributed by atoms with Crippen LogP contribution in [0.3, 0.4) is 0 Å². The molecule has 0 saturated carbocycles. The SMILES string of the molecule is OCC1CCCN1CNCc1ccccc1. The number of nitrogens with zero attached hydrogens (tertiary/aromatic N) is 1. The third-order valence-corrected chi connectivity index (χ3v) is 3.20. The Bertz CT molecular complexity index is 302.